The molecule has 1 N–H and O–H groups in total. The maximum absolute atomic E-state index is 9.03. The zero-order valence-corrected chi connectivity index (χ0v) is 13.0. The van der Waals surface area contributed by atoms with E-state index in [1.807, 2.05) is 13.8 Å². The van der Waals surface area contributed by atoms with Crippen molar-refractivity contribution in [1.82, 2.24) is 9.88 Å². The van der Waals surface area contributed by atoms with Crippen molar-refractivity contribution < 1.29 is 0 Å². The number of nitrogens with zero attached hydrogens (tertiary/aromatic N) is 2. The summed E-state index contributed by atoms with van der Waals surface area (Å²) in [6, 6.07) is 5.16. The molecule has 20 heavy (non-hydrogen) atoms. The summed E-state index contributed by atoms with van der Waals surface area (Å²) in [4.78, 5) is 0. The van der Waals surface area contributed by atoms with Crippen LogP contribution in [0.15, 0.2) is 18.5 Å². The number of nitrogens with one attached hydrogen (secondary N) is 1. The molecular formula is C17H27N3. The van der Waals surface area contributed by atoms with Gasteiger partial charge in [0.2, 0.25) is 0 Å². The van der Waals surface area contributed by atoms with Gasteiger partial charge in [0, 0.05) is 25.0 Å². The van der Waals surface area contributed by atoms with Crippen molar-refractivity contribution in [1.29, 1.82) is 5.26 Å². The summed E-state index contributed by atoms with van der Waals surface area (Å²) in [5.41, 5.74) is 1.23. The second kappa shape index (κ2) is 6.45. The van der Waals surface area contributed by atoms with Crippen LogP contribution in [-0.2, 0) is 6.54 Å². The summed E-state index contributed by atoms with van der Waals surface area (Å²) in [6.07, 6.45) is 9.20. The molecule has 0 aliphatic heterocycles. The first kappa shape index (κ1) is 15.1. The Morgan fingerprint density at radius 2 is 2.25 bits per heavy atom. The second-order valence-corrected chi connectivity index (χ2v) is 6.65. The van der Waals surface area contributed by atoms with Crippen LogP contribution < -0.4 is 5.32 Å². The van der Waals surface area contributed by atoms with Crippen LogP contribution in [0.5, 0.6) is 0 Å². The fourth-order valence-corrected chi connectivity index (χ4v) is 2.75. The molecule has 1 fully saturated rings. The van der Waals surface area contributed by atoms with Gasteiger partial charge in [0.25, 0.3) is 0 Å². The number of aryl methyl sites for hydroxylation is 1. The van der Waals surface area contributed by atoms with Crippen molar-refractivity contribution in [3.05, 3.63) is 24.0 Å². The van der Waals surface area contributed by atoms with Gasteiger partial charge in [-0.2, -0.15) is 5.26 Å². The molecule has 110 valence electrons. The minimum absolute atomic E-state index is 0.198. The van der Waals surface area contributed by atoms with E-state index in [2.05, 4.69) is 41.3 Å². The van der Waals surface area contributed by atoms with Gasteiger partial charge in [-0.1, -0.05) is 6.92 Å². The highest BCUT2D eigenvalue weighted by molar-refractivity contribution is 5.18. The first-order valence-corrected chi connectivity index (χ1v) is 7.86. The minimum Gasteiger partial charge on any atom is -0.354 e. The molecule has 1 aromatic heterocycles. The van der Waals surface area contributed by atoms with Gasteiger partial charge in [0.15, 0.2) is 0 Å². The first-order chi connectivity index (χ1) is 9.55. The lowest BCUT2D eigenvalue weighted by Crippen LogP contribution is -2.22. The lowest BCUT2D eigenvalue weighted by Gasteiger charge is -2.16. The summed E-state index contributed by atoms with van der Waals surface area (Å²) >= 11 is 0. The van der Waals surface area contributed by atoms with E-state index in [0.29, 0.717) is 6.04 Å². The number of nitriles is 1. The van der Waals surface area contributed by atoms with Crippen LogP contribution in [-0.4, -0.2) is 11.1 Å². The molecule has 1 aromatic rings. The summed E-state index contributed by atoms with van der Waals surface area (Å²) in [7, 11) is 0. The highest BCUT2D eigenvalue weighted by atomic mass is 15.0. The van der Waals surface area contributed by atoms with Gasteiger partial charge in [0.05, 0.1) is 11.5 Å². The van der Waals surface area contributed by atoms with E-state index in [1.165, 1.54) is 18.4 Å². The van der Waals surface area contributed by atoms with Gasteiger partial charge in [0.1, 0.15) is 0 Å². The second-order valence-electron chi connectivity index (χ2n) is 6.65. The molecule has 0 aromatic carbocycles. The fraction of sp³-hybridized carbons (Fsp3) is 0.706. The van der Waals surface area contributed by atoms with E-state index in [4.69, 9.17) is 5.26 Å². The van der Waals surface area contributed by atoms with E-state index in [-0.39, 0.29) is 5.41 Å². The van der Waals surface area contributed by atoms with Crippen molar-refractivity contribution in [3.63, 3.8) is 0 Å². The molecule has 1 unspecified atom stereocenters. The smallest absolute Gasteiger partial charge is 0.0683 e. The molecule has 3 heteroatoms. The number of hydrogen-bond acceptors (Lipinski definition) is 2. The largest absolute Gasteiger partial charge is 0.354 e. The molecule has 0 amide bonds. The van der Waals surface area contributed by atoms with E-state index >= 15 is 0 Å². The molecule has 0 spiro atoms. The lowest BCUT2D eigenvalue weighted by atomic mass is 9.90. The molecule has 0 saturated heterocycles. The van der Waals surface area contributed by atoms with Crippen molar-refractivity contribution in [2.45, 2.75) is 59.0 Å². The lowest BCUT2D eigenvalue weighted by molar-refractivity contribution is 0.415. The average Bonchev–Trinajstić information content (AvgIpc) is 3.15. The van der Waals surface area contributed by atoms with Crippen LogP contribution in [0.2, 0.25) is 0 Å². The Bertz CT molecular complexity index is 463. The van der Waals surface area contributed by atoms with Crippen molar-refractivity contribution in [2.24, 2.45) is 11.3 Å². The van der Waals surface area contributed by atoms with E-state index in [9.17, 15) is 0 Å². The van der Waals surface area contributed by atoms with Crippen LogP contribution in [0.4, 0.5) is 0 Å². The highest BCUT2D eigenvalue weighted by Gasteiger charge is 2.32. The zero-order valence-electron chi connectivity index (χ0n) is 13.0. The standard InChI is InChI=1S/C17H27N3/c1-4-19-16(14-6-7-14)15-8-11-20(12-15)10-5-9-17(2,3)13-18/h8,11-12,14,16,19H,4-7,9-10H2,1-3H3. The Morgan fingerprint density at radius 1 is 1.50 bits per heavy atom. The molecule has 0 radical (unpaired) electrons. The molecule has 0 bridgehead atoms. The van der Waals surface area contributed by atoms with Crippen LogP contribution in [0.3, 0.4) is 0 Å². The normalized spacial score (nSPS) is 16.9. The van der Waals surface area contributed by atoms with Crippen molar-refractivity contribution >= 4 is 0 Å². The third kappa shape index (κ3) is 4.11. The summed E-state index contributed by atoms with van der Waals surface area (Å²) < 4.78 is 2.27. The Hall–Kier alpha value is -1.27. The summed E-state index contributed by atoms with van der Waals surface area (Å²) in [5, 5.41) is 12.6. The quantitative estimate of drug-likeness (QED) is 0.781. The Labute approximate surface area is 123 Å². The van der Waals surface area contributed by atoms with E-state index in [1.54, 1.807) is 0 Å². The first-order valence-electron chi connectivity index (χ1n) is 7.86. The van der Waals surface area contributed by atoms with Gasteiger partial charge in [-0.05, 0) is 63.6 Å². The van der Waals surface area contributed by atoms with Crippen molar-refractivity contribution in [2.75, 3.05) is 6.54 Å². The average molecular weight is 273 g/mol. The SMILES string of the molecule is CCNC(c1ccn(CCCC(C)(C)C#N)c1)C1CC1. The van der Waals surface area contributed by atoms with Crippen LogP contribution >= 0.6 is 0 Å². The van der Waals surface area contributed by atoms with E-state index < -0.39 is 0 Å². The topological polar surface area (TPSA) is 40.8 Å². The molecule has 1 aliphatic carbocycles. The predicted octanol–water partition coefficient (Wildman–Crippen LogP) is 3.88. The van der Waals surface area contributed by atoms with Crippen molar-refractivity contribution in [3.8, 4) is 6.07 Å². The Kier molecular flexibility index (Phi) is 4.88. The Balaban J connectivity index is 1.87. The predicted molar refractivity (Wildman–Crippen MR) is 82.2 cm³/mol. The van der Waals surface area contributed by atoms with Gasteiger partial charge in [-0.15, -0.1) is 0 Å². The van der Waals surface area contributed by atoms with Gasteiger partial charge < -0.3 is 9.88 Å². The third-order valence-corrected chi connectivity index (χ3v) is 4.17. The number of aromatic nitrogens is 1. The number of hydrogen-bond donors (Lipinski definition) is 1. The minimum atomic E-state index is -0.198. The van der Waals surface area contributed by atoms with Crippen LogP contribution in [0, 0.1) is 22.7 Å². The Morgan fingerprint density at radius 3 is 2.85 bits per heavy atom. The molecule has 1 heterocycles. The molecule has 1 atom stereocenters. The molecular weight excluding hydrogens is 246 g/mol. The maximum Gasteiger partial charge on any atom is 0.0683 e. The van der Waals surface area contributed by atoms with E-state index in [0.717, 1.165) is 31.8 Å². The molecule has 3 nitrogen and oxygen atoms in total. The maximum atomic E-state index is 9.03. The van der Waals surface area contributed by atoms with Gasteiger partial charge >= 0.3 is 0 Å². The molecule has 1 aliphatic rings. The van der Waals surface area contributed by atoms with Crippen LogP contribution in [0.25, 0.3) is 0 Å². The fourth-order valence-electron chi connectivity index (χ4n) is 2.75. The molecule has 2 rings (SSSR count). The number of rotatable bonds is 8. The highest BCUT2D eigenvalue weighted by Crippen LogP contribution is 2.41. The summed E-state index contributed by atoms with van der Waals surface area (Å²) in [5.74, 6) is 0.836. The van der Waals surface area contributed by atoms with Crippen LogP contribution in [0.1, 0.15) is 58.1 Å². The summed E-state index contributed by atoms with van der Waals surface area (Å²) in [6.45, 7) is 8.25. The monoisotopic (exact) mass is 273 g/mol. The molecule has 1 saturated carbocycles. The van der Waals surface area contributed by atoms with Gasteiger partial charge in [-0.25, -0.2) is 0 Å². The third-order valence-electron chi connectivity index (χ3n) is 4.17. The zero-order chi connectivity index (χ0) is 14.6. The van der Waals surface area contributed by atoms with Gasteiger partial charge in [-0.3, -0.25) is 0 Å².